The molecule has 2 aromatic carbocycles. The van der Waals surface area contributed by atoms with Crippen LogP contribution in [0.1, 0.15) is 44.7 Å². The molecule has 0 heterocycles. The zero-order chi connectivity index (χ0) is 27.0. The lowest BCUT2D eigenvalue weighted by Gasteiger charge is -2.33. The summed E-state index contributed by atoms with van der Waals surface area (Å²) < 4.78 is 32.7. The summed E-state index contributed by atoms with van der Waals surface area (Å²) in [5.41, 5.74) is 1.98. The highest BCUT2D eigenvalue weighted by atomic mass is 79.9. The first-order valence-electron chi connectivity index (χ1n) is 11.9. The first-order chi connectivity index (χ1) is 16.9. The first kappa shape index (κ1) is 29.6. The molecule has 2 rings (SSSR count). The lowest BCUT2D eigenvalue weighted by atomic mass is 10.1. The molecule has 2 aromatic rings. The minimum atomic E-state index is -3.79. The minimum absolute atomic E-state index is 0.0569. The van der Waals surface area contributed by atoms with Crippen molar-refractivity contribution >= 4 is 43.5 Å². The molecule has 0 aromatic heterocycles. The van der Waals surface area contributed by atoms with Gasteiger partial charge in [0.15, 0.2) is 0 Å². The van der Waals surface area contributed by atoms with E-state index in [0.717, 1.165) is 32.6 Å². The number of rotatable bonds is 12. The summed E-state index contributed by atoms with van der Waals surface area (Å²) in [6.07, 6.45) is 2.18. The van der Waals surface area contributed by atoms with Gasteiger partial charge in [-0.15, -0.1) is 0 Å². The molecule has 10 heteroatoms. The van der Waals surface area contributed by atoms with E-state index in [1.165, 1.54) is 4.90 Å². The van der Waals surface area contributed by atoms with Crippen LogP contribution >= 0.6 is 15.9 Å². The van der Waals surface area contributed by atoms with E-state index in [2.05, 4.69) is 21.2 Å². The Kier molecular flexibility index (Phi) is 10.8. The van der Waals surface area contributed by atoms with Crippen molar-refractivity contribution in [2.24, 2.45) is 0 Å². The second kappa shape index (κ2) is 13.1. The van der Waals surface area contributed by atoms with Crippen LogP contribution in [-0.4, -0.2) is 57.1 Å². The number of sulfonamides is 1. The van der Waals surface area contributed by atoms with Gasteiger partial charge in [-0.3, -0.25) is 13.9 Å². The molecule has 0 fully saturated rings. The Hall–Kier alpha value is -2.59. The van der Waals surface area contributed by atoms with Crippen LogP contribution in [-0.2, 0) is 26.2 Å². The average molecular weight is 583 g/mol. The van der Waals surface area contributed by atoms with Gasteiger partial charge < -0.3 is 15.0 Å². The van der Waals surface area contributed by atoms with Gasteiger partial charge in [0.1, 0.15) is 18.3 Å². The lowest BCUT2D eigenvalue weighted by Crippen LogP contribution is -2.53. The third kappa shape index (κ3) is 7.96. The third-order valence-corrected chi connectivity index (χ3v) is 8.01. The van der Waals surface area contributed by atoms with Crippen molar-refractivity contribution in [3.63, 3.8) is 0 Å². The number of benzene rings is 2. The maximum Gasteiger partial charge on any atom is 0.244 e. The Morgan fingerprint density at radius 3 is 2.36 bits per heavy atom. The molecule has 0 spiro atoms. The van der Waals surface area contributed by atoms with Gasteiger partial charge in [0.2, 0.25) is 21.8 Å². The number of nitrogens with one attached hydrogen (secondary N) is 1. The Balaban J connectivity index is 2.47. The van der Waals surface area contributed by atoms with E-state index >= 15 is 0 Å². The number of nitrogens with zero attached hydrogens (tertiary/aromatic N) is 2. The van der Waals surface area contributed by atoms with Gasteiger partial charge in [-0.05, 0) is 68.1 Å². The van der Waals surface area contributed by atoms with E-state index < -0.39 is 28.5 Å². The molecule has 198 valence electrons. The number of ether oxygens (including phenoxy) is 1. The fourth-order valence-corrected chi connectivity index (χ4v) is 4.81. The van der Waals surface area contributed by atoms with Crippen LogP contribution in [0.2, 0.25) is 0 Å². The summed E-state index contributed by atoms with van der Waals surface area (Å²) in [6.45, 7) is 7.24. The van der Waals surface area contributed by atoms with Gasteiger partial charge in [0, 0.05) is 17.1 Å². The molecule has 1 N–H and O–H groups in total. The fourth-order valence-electron chi connectivity index (χ4n) is 3.73. The maximum absolute atomic E-state index is 13.7. The maximum atomic E-state index is 13.7. The Labute approximate surface area is 223 Å². The molecule has 0 aliphatic carbocycles. The molecule has 8 nitrogen and oxygen atoms in total. The first-order valence-corrected chi connectivity index (χ1v) is 14.5. The predicted molar refractivity (Wildman–Crippen MR) is 147 cm³/mol. The number of aryl methyl sites for hydroxylation is 1. The second-order valence-electron chi connectivity index (χ2n) is 8.82. The number of amides is 2. The van der Waals surface area contributed by atoms with Crippen LogP contribution < -0.4 is 14.4 Å². The van der Waals surface area contributed by atoms with E-state index in [4.69, 9.17) is 4.74 Å². The highest BCUT2D eigenvalue weighted by Crippen LogP contribution is 2.25. The van der Waals surface area contributed by atoms with Crippen molar-refractivity contribution < 1.29 is 22.7 Å². The molecular formula is C26H36BrN3O5S. The van der Waals surface area contributed by atoms with Crippen molar-refractivity contribution in [3.05, 3.63) is 58.1 Å². The topological polar surface area (TPSA) is 96.0 Å². The highest BCUT2D eigenvalue weighted by molar-refractivity contribution is 9.10. The van der Waals surface area contributed by atoms with E-state index in [0.29, 0.717) is 17.9 Å². The van der Waals surface area contributed by atoms with Gasteiger partial charge in [0.25, 0.3) is 0 Å². The van der Waals surface area contributed by atoms with Gasteiger partial charge in [-0.2, -0.15) is 0 Å². The Bertz CT molecular complexity index is 1170. The van der Waals surface area contributed by atoms with Crippen LogP contribution in [0.5, 0.6) is 5.75 Å². The van der Waals surface area contributed by atoms with Gasteiger partial charge >= 0.3 is 0 Å². The van der Waals surface area contributed by atoms with Crippen molar-refractivity contribution in [2.45, 2.75) is 59.2 Å². The van der Waals surface area contributed by atoms with Crippen molar-refractivity contribution in [3.8, 4) is 5.75 Å². The van der Waals surface area contributed by atoms with E-state index in [1.54, 1.807) is 37.4 Å². The normalized spacial score (nSPS) is 13.0. The summed E-state index contributed by atoms with van der Waals surface area (Å²) in [4.78, 5) is 28.4. The molecule has 0 radical (unpaired) electrons. The molecular weight excluding hydrogens is 546 g/mol. The van der Waals surface area contributed by atoms with Crippen LogP contribution in [0.4, 0.5) is 5.69 Å². The Morgan fingerprint density at radius 2 is 1.81 bits per heavy atom. The summed E-state index contributed by atoms with van der Waals surface area (Å²) in [6, 6.07) is 11.5. The van der Waals surface area contributed by atoms with Crippen LogP contribution in [0.3, 0.4) is 0 Å². The largest absolute Gasteiger partial charge is 0.497 e. The summed E-state index contributed by atoms with van der Waals surface area (Å²) in [7, 11) is -2.23. The predicted octanol–water partition coefficient (Wildman–Crippen LogP) is 4.25. The molecule has 0 aliphatic rings. The zero-order valence-corrected chi connectivity index (χ0v) is 24.1. The third-order valence-electron chi connectivity index (χ3n) is 5.98. The van der Waals surface area contributed by atoms with Gasteiger partial charge in [0.05, 0.1) is 19.1 Å². The number of halogens is 1. The monoisotopic (exact) mass is 581 g/mol. The smallest absolute Gasteiger partial charge is 0.244 e. The summed E-state index contributed by atoms with van der Waals surface area (Å²) in [5.74, 6) is -0.122. The van der Waals surface area contributed by atoms with Crippen molar-refractivity contribution in [1.29, 1.82) is 0 Å². The molecule has 36 heavy (non-hydrogen) atoms. The highest BCUT2D eigenvalue weighted by Gasteiger charge is 2.32. The molecule has 0 unspecified atom stereocenters. The summed E-state index contributed by atoms with van der Waals surface area (Å²) >= 11 is 3.42. The second-order valence-corrected chi connectivity index (χ2v) is 11.6. The standard InChI is InChI=1S/C26H36BrN3O5S/c1-7-19(4)28-26(32)24(8-2)29(16-20-10-9-11-22(15-20)35-5)25(31)17-30(36(6,33)34)21-12-13-23(27)18(3)14-21/h9-15,19,24H,7-8,16-17H2,1-6H3,(H,28,32)/t19-,24+/m1/s1. The number of methoxy groups -OCH3 is 1. The summed E-state index contributed by atoms with van der Waals surface area (Å²) in [5, 5.41) is 2.96. The molecule has 0 aliphatic heterocycles. The quantitative estimate of drug-likeness (QED) is 0.404. The molecule has 0 bridgehead atoms. The molecule has 2 atom stereocenters. The van der Waals surface area contributed by atoms with Crippen LogP contribution in [0, 0.1) is 6.92 Å². The van der Waals surface area contributed by atoms with Gasteiger partial charge in [-0.1, -0.05) is 41.9 Å². The number of carbonyl (C=O) groups is 2. The average Bonchev–Trinajstić information content (AvgIpc) is 2.83. The van der Waals surface area contributed by atoms with E-state index in [9.17, 15) is 18.0 Å². The minimum Gasteiger partial charge on any atom is -0.497 e. The fraction of sp³-hybridized carbons (Fsp3) is 0.462. The van der Waals surface area contributed by atoms with Crippen LogP contribution in [0.15, 0.2) is 46.9 Å². The number of anilines is 1. The lowest BCUT2D eigenvalue weighted by molar-refractivity contribution is -0.140. The molecule has 0 saturated carbocycles. The van der Waals surface area contributed by atoms with Crippen molar-refractivity contribution in [1.82, 2.24) is 10.2 Å². The number of hydrogen-bond donors (Lipinski definition) is 1. The zero-order valence-electron chi connectivity index (χ0n) is 21.7. The van der Waals surface area contributed by atoms with Crippen LogP contribution in [0.25, 0.3) is 0 Å². The molecule has 2 amide bonds. The SMILES string of the molecule is CC[C@@H](C)NC(=O)[C@H](CC)N(Cc1cccc(OC)c1)C(=O)CN(c1ccc(Br)c(C)c1)S(C)(=O)=O. The number of carbonyl (C=O) groups excluding carboxylic acids is 2. The number of hydrogen-bond acceptors (Lipinski definition) is 5. The Morgan fingerprint density at radius 1 is 1.11 bits per heavy atom. The molecule has 0 saturated heterocycles. The van der Waals surface area contributed by atoms with Gasteiger partial charge in [-0.25, -0.2) is 8.42 Å². The van der Waals surface area contributed by atoms with Crippen molar-refractivity contribution in [2.75, 3.05) is 24.2 Å². The van der Waals surface area contributed by atoms with E-state index in [-0.39, 0.29) is 18.5 Å². The van der Waals surface area contributed by atoms with E-state index in [1.807, 2.05) is 39.8 Å².